The number of nitrogens with one attached hydrogen (secondary N) is 4. The van der Waals surface area contributed by atoms with Crippen LogP contribution in [0.4, 0.5) is 16.2 Å². The van der Waals surface area contributed by atoms with E-state index in [1.54, 1.807) is 79.9 Å². The minimum Gasteiger partial charge on any atom is -0.497 e. The molecule has 8 heteroatoms. The van der Waals surface area contributed by atoms with Crippen LogP contribution in [0.1, 0.15) is 20.7 Å². The summed E-state index contributed by atoms with van der Waals surface area (Å²) in [7, 11) is 1.55. The van der Waals surface area contributed by atoms with Crippen molar-refractivity contribution in [1.29, 1.82) is 0 Å². The highest BCUT2D eigenvalue weighted by molar-refractivity contribution is 6.00. The third kappa shape index (κ3) is 6.60. The predicted molar refractivity (Wildman–Crippen MR) is 123 cm³/mol. The van der Waals surface area contributed by atoms with Gasteiger partial charge < -0.3 is 26.0 Å². The van der Waals surface area contributed by atoms with Crippen LogP contribution >= 0.6 is 0 Å². The van der Waals surface area contributed by atoms with E-state index in [9.17, 15) is 14.4 Å². The Balaban J connectivity index is 1.42. The Morgan fingerprint density at radius 1 is 0.688 bits per heavy atom. The smallest absolute Gasteiger partial charge is 0.323 e. The summed E-state index contributed by atoms with van der Waals surface area (Å²) in [5.41, 5.74) is 2.14. The number of rotatable bonds is 8. The van der Waals surface area contributed by atoms with Crippen LogP contribution in [0.5, 0.6) is 5.75 Å². The number of carbonyl (C=O) groups excluding carboxylic acids is 3. The molecule has 4 N–H and O–H groups in total. The van der Waals surface area contributed by atoms with Crippen LogP contribution in [-0.2, 0) is 0 Å². The molecule has 0 fully saturated rings. The van der Waals surface area contributed by atoms with E-state index in [1.165, 1.54) is 0 Å². The van der Waals surface area contributed by atoms with Crippen molar-refractivity contribution in [2.24, 2.45) is 0 Å². The summed E-state index contributed by atoms with van der Waals surface area (Å²) in [5.74, 6) is 0.173. The van der Waals surface area contributed by atoms with E-state index in [1.807, 2.05) is 6.07 Å². The van der Waals surface area contributed by atoms with Crippen LogP contribution < -0.4 is 26.0 Å². The molecule has 0 atom stereocenters. The van der Waals surface area contributed by atoms with E-state index < -0.39 is 6.03 Å². The van der Waals surface area contributed by atoms with Crippen molar-refractivity contribution in [3.63, 3.8) is 0 Å². The summed E-state index contributed by atoms with van der Waals surface area (Å²) < 4.78 is 5.13. The van der Waals surface area contributed by atoms with E-state index in [4.69, 9.17) is 4.74 Å². The number of amides is 4. The first-order valence-corrected chi connectivity index (χ1v) is 9.99. The first-order chi connectivity index (χ1) is 15.5. The summed E-state index contributed by atoms with van der Waals surface area (Å²) in [4.78, 5) is 36.4. The molecule has 32 heavy (non-hydrogen) atoms. The molecular weight excluding hydrogens is 408 g/mol. The minimum absolute atomic E-state index is 0.192. The number of hydrogen-bond donors (Lipinski definition) is 4. The number of carbonyl (C=O) groups is 3. The molecule has 0 heterocycles. The van der Waals surface area contributed by atoms with Crippen molar-refractivity contribution >= 4 is 29.2 Å². The van der Waals surface area contributed by atoms with Crippen molar-refractivity contribution in [2.75, 3.05) is 30.8 Å². The molecule has 4 amide bonds. The van der Waals surface area contributed by atoms with Gasteiger partial charge in [0.2, 0.25) is 0 Å². The van der Waals surface area contributed by atoms with Gasteiger partial charge in [-0.3, -0.25) is 9.59 Å². The molecule has 0 aliphatic carbocycles. The molecule has 164 valence electrons. The molecule has 0 saturated carbocycles. The summed E-state index contributed by atoms with van der Waals surface area (Å²) in [6.45, 7) is 0.601. The Labute approximate surface area is 186 Å². The molecular formula is C24H24N4O4. The fourth-order valence-electron chi connectivity index (χ4n) is 2.84. The molecule has 3 aromatic carbocycles. The highest BCUT2D eigenvalue weighted by Gasteiger charge is 2.08. The summed E-state index contributed by atoms with van der Waals surface area (Å²) >= 11 is 0. The normalized spacial score (nSPS) is 10.0. The van der Waals surface area contributed by atoms with Crippen molar-refractivity contribution in [3.8, 4) is 5.75 Å². The standard InChI is InChI=1S/C24H24N4O4/c1-32-21-9-5-8-20(16-21)28-24(31)27-19-12-10-18(11-13-19)23(30)26-15-14-25-22(29)17-6-3-2-4-7-17/h2-13,16H,14-15H2,1H3,(H,25,29)(H,26,30)(H2,27,28,31). The van der Waals surface area contributed by atoms with Gasteiger partial charge in [-0.25, -0.2) is 4.79 Å². The van der Waals surface area contributed by atoms with Crippen molar-refractivity contribution in [1.82, 2.24) is 10.6 Å². The molecule has 0 aliphatic heterocycles. The largest absolute Gasteiger partial charge is 0.497 e. The van der Waals surface area contributed by atoms with Gasteiger partial charge in [-0.1, -0.05) is 24.3 Å². The molecule has 0 spiro atoms. The third-order valence-corrected chi connectivity index (χ3v) is 4.46. The topological polar surface area (TPSA) is 109 Å². The van der Waals surface area contributed by atoms with Crippen molar-refractivity contribution < 1.29 is 19.1 Å². The van der Waals surface area contributed by atoms with E-state index in [0.717, 1.165) is 0 Å². The number of anilines is 2. The molecule has 0 saturated heterocycles. The summed E-state index contributed by atoms with van der Waals surface area (Å²) in [6.07, 6.45) is 0. The number of hydrogen-bond acceptors (Lipinski definition) is 4. The molecule has 3 aromatic rings. The predicted octanol–water partition coefficient (Wildman–Crippen LogP) is 3.50. The fraction of sp³-hybridized carbons (Fsp3) is 0.125. The van der Waals surface area contributed by atoms with Gasteiger partial charge in [-0.05, 0) is 48.5 Å². The summed E-state index contributed by atoms with van der Waals surface area (Å²) in [6, 6.07) is 21.9. The van der Waals surface area contributed by atoms with E-state index >= 15 is 0 Å². The van der Waals surface area contributed by atoms with Gasteiger partial charge in [-0.2, -0.15) is 0 Å². The van der Waals surface area contributed by atoms with Gasteiger partial charge in [0.1, 0.15) is 5.75 Å². The molecule has 0 unspecified atom stereocenters. The summed E-state index contributed by atoms with van der Waals surface area (Å²) in [5, 5.41) is 10.9. The van der Waals surface area contributed by atoms with Crippen LogP contribution in [0.3, 0.4) is 0 Å². The minimum atomic E-state index is -0.412. The lowest BCUT2D eigenvalue weighted by Crippen LogP contribution is -2.34. The van der Waals surface area contributed by atoms with Gasteiger partial charge in [0.15, 0.2) is 0 Å². The molecule has 3 rings (SSSR count). The van der Waals surface area contributed by atoms with Crippen LogP contribution in [-0.4, -0.2) is 38.0 Å². The van der Waals surface area contributed by atoms with Gasteiger partial charge in [0, 0.05) is 41.7 Å². The Morgan fingerprint density at radius 2 is 1.28 bits per heavy atom. The first kappa shape index (κ1) is 22.4. The quantitative estimate of drug-likeness (QED) is 0.409. The highest BCUT2D eigenvalue weighted by atomic mass is 16.5. The second-order valence-corrected chi connectivity index (χ2v) is 6.77. The van der Waals surface area contributed by atoms with Gasteiger partial charge >= 0.3 is 6.03 Å². The second kappa shape index (κ2) is 11.2. The zero-order chi connectivity index (χ0) is 22.8. The molecule has 0 radical (unpaired) electrons. The van der Waals surface area contributed by atoms with E-state index in [2.05, 4.69) is 21.3 Å². The second-order valence-electron chi connectivity index (χ2n) is 6.77. The lowest BCUT2D eigenvalue weighted by molar-refractivity contribution is 0.0927. The highest BCUT2D eigenvalue weighted by Crippen LogP contribution is 2.17. The number of urea groups is 1. The zero-order valence-electron chi connectivity index (χ0n) is 17.6. The Hall–Kier alpha value is -4.33. The van der Waals surface area contributed by atoms with Crippen molar-refractivity contribution in [3.05, 3.63) is 90.0 Å². The SMILES string of the molecule is COc1cccc(NC(=O)Nc2ccc(C(=O)NCCNC(=O)c3ccccc3)cc2)c1. The number of benzene rings is 3. The third-order valence-electron chi connectivity index (χ3n) is 4.46. The van der Waals surface area contributed by atoms with E-state index in [-0.39, 0.29) is 11.8 Å². The monoisotopic (exact) mass is 432 g/mol. The Morgan fingerprint density at radius 3 is 1.91 bits per heavy atom. The fourth-order valence-corrected chi connectivity index (χ4v) is 2.84. The number of ether oxygens (including phenoxy) is 1. The number of methoxy groups -OCH3 is 1. The maximum absolute atomic E-state index is 12.3. The first-order valence-electron chi connectivity index (χ1n) is 9.99. The van der Waals surface area contributed by atoms with Crippen LogP contribution in [0.25, 0.3) is 0 Å². The lowest BCUT2D eigenvalue weighted by Gasteiger charge is -2.10. The maximum Gasteiger partial charge on any atom is 0.323 e. The van der Waals surface area contributed by atoms with Gasteiger partial charge in [0.05, 0.1) is 7.11 Å². The van der Waals surface area contributed by atoms with Gasteiger partial charge in [-0.15, -0.1) is 0 Å². The zero-order valence-corrected chi connectivity index (χ0v) is 17.6. The van der Waals surface area contributed by atoms with Crippen molar-refractivity contribution in [2.45, 2.75) is 0 Å². The average Bonchev–Trinajstić information content (AvgIpc) is 2.82. The molecule has 0 aliphatic rings. The van der Waals surface area contributed by atoms with Crippen LogP contribution in [0, 0.1) is 0 Å². The average molecular weight is 432 g/mol. The molecule has 0 aromatic heterocycles. The maximum atomic E-state index is 12.3. The van der Waals surface area contributed by atoms with E-state index in [0.29, 0.717) is 41.3 Å². The van der Waals surface area contributed by atoms with Crippen LogP contribution in [0.15, 0.2) is 78.9 Å². The molecule has 0 bridgehead atoms. The Bertz CT molecular complexity index is 1070. The Kier molecular flexibility index (Phi) is 7.80. The lowest BCUT2D eigenvalue weighted by atomic mass is 10.2. The van der Waals surface area contributed by atoms with Crippen LogP contribution in [0.2, 0.25) is 0 Å². The van der Waals surface area contributed by atoms with Gasteiger partial charge in [0.25, 0.3) is 11.8 Å². The molecule has 8 nitrogen and oxygen atoms in total.